The summed E-state index contributed by atoms with van der Waals surface area (Å²) in [6.07, 6.45) is 0. The number of nitrogens with one attached hydrogen (secondary N) is 1. The lowest BCUT2D eigenvalue weighted by molar-refractivity contribution is -0.116. The molecule has 0 aliphatic heterocycles. The summed E-state index contributed by atoms with van der Waals surface area (Å²) in [6, 6.07) is 18.2. The molecule has 2 aromatic heterocycles. The summed E-state index contributed by atoms with van der Waals surface area (Å²) in [7, 11) is 1.77. The molecule has 0 fully saturated rings. The summed E-state index contributed by atoms with van der Waals surface area (Å²) in [5.74, 6) is -0.893. The van der Waals surface area contributed by atoms with Crippen LogP contribution in [0.1, 0.15) is 11.1 Å². The Kier molecular flexibility index (Phi) is 5.36. The molecule has 1 N–H and O–H groups in total. The van der Waals surface area contributed by atoms with E-state index in [0.717, 1.165) is 21.2 Å². The molecule has 0 bridgehead atoms. The lowest BCUT2D eigenvalue weighted by Gasteiger charge is -2.13. The van der Waals surface area contributed by atoms with Gasteiger partial charge in [0.2, 0.25) is 5.91 Å². The molecule has 0 saturated carbocycles. The first-order chi connectivity index (χ1) is 16.7. The van der Waals surface area contributed by atoms with Crippen LogP contribution in [0.25, 0.3) is 27.6 Å². The van der Waals surface area contributed by atoms with Gasteiger partial charge >= 0.3 is 5.69 Å². The van der Waals surface area contributed by atoms with Gasteiger partial charge in [-0.1, -0.05) is 29.3 Å². The number of hydrogen-bond acceptors (Lipinski definition) is 3. The van der Waals surface area contributed by atoms with Crippen molar-refractivity contribution in [3.05, 3.63) is 105 Å². The van der Waals surface area contributed by atoms with Crippen LogP contribution in [0.2, 0.25) is 0 Å². The Morgan fingerprint density at radius 3 is 2.23 bits per heavy atom. The highest BCUT2D eigenvalue weighted by molar-refractivity contribution is 6.06. The third-order valence-electron chi connectivity index (χ3n) is 6.15. The fourth-order valence-electron chi connectivity index (χ4n) is 4.41. The number of carbonyl (C=O) groups excluding carboxylic acids is 1. The van der Waals surface area contributed by atoms with Crippen molar-refractivity contribution < 1.29 is 9.18 Å². The molecular formula is C27H23FN4O3. The van der Waals surface area contributed by atoms with Gasteiger partial charge in [-0.05, 0) is 62.4 Å². The molecule has 0 radical (unpaired) electrons. The van der Waals surface area contributed by atoms with E-state index < -0.39 is 23.0 Å². The molecular weight excluding hydrogens is 447 g/mol. The number of aromatic nitrogens is 3. The summed E-state index contributed by atoms with van der Waals surface area (Å²) in [4.78, 5) is 40.4. The van der Waals surface area contributed by atoms with Gasteiger partial charge in [0.1, 0.15) is 17.9 Å². The largest absolute Gasteiger partial charge is 0.338 e. The first-order valence-corrected chi connectivity index (χ1v) is 11.1. The monoisotopic (exact) mass is 470 g/mol. The lowest BCUT2D eigenvalue weighted by atomic mass is 10.1. The second-order valence-electron chi connectivity index (χ2n) is 8.68. The van der Waals surface area contributed by atoms with Gasteiger partial charge in [0.15, 0.2) is 0 Å². The van der Waals surface area contributed by atoms with Gasteiger partial charge in [-0.25, -0.2) is 13.8 Å². The fraction of sp³-hybridized carbons (Fsp3) is 0.148. The highest BCUT2D eigenvalue weighted by atomic mass is 19.1. The average Bonchev–Trinajstić information content (AvgIpc) is 3.11. The zero-order chi connectivity index (χ0) is 24.9. The van der Waals surface area contributed by atoms with E-state index in [0.29, 0.717) is 27.8 Å². The van der Waals surface area contributed by atoms with Crippen molar-refractivity contribution in [3.63, 3.8) is 0 Å². The number of nitrogens with zero attached hydrogens (tertiary/aromatic N) is 3. The van der Waals surface area contributed by atoms with Crippen LogP contribution >= 0.6 is 0 Å². The predicted molar refractivity (Wildman–Crippen MR) is 135 cm³/mol. The van der Waals surface area contributed by atoms with Crippen LogP contribution in [0.3, 0.4) is 0 Å². The maximum Gasteiger partial charge on any atom is 0.336 e. The summed E-state index contributed by atoms with van der Waals surface area (Å²) in [5, 5.41) is 3.41. The normalized spacial score (nSPS) is 11.3. The van der Waals surface area contributed by atoms with Gasteiger partial charge in [0, 0.05) is 18.1 Å². The quantitative estimate of drug-likeness (QED) is 0.431. The number of aryl methyl sites for hydroxylation is 3. The Labute approximate surface area is 199 Å². The van der Waals surface area contributed by atoms with Crippen molar-refractivity contribution in [2.24, 2.45) is 7.05 Å². The maximum absolute atomic E-state index is 13.7. The Hall–Kier alpha value is -4.46. The van der Waals surface area contributed by atoms with Crippen LogP contribution in [0.5, 0.6) is 0 Å². The standard InChI is InChI=1S/C27H23FN4O3/c1-16-4-11-20(12-5-16)32-26(34)25-24(21-14-17(2)6-13-22(21)30(25)3)31(27(32)35)15-23(33)29-19-9-7-18(28)8-10-19/h4-14H,15H2,1-3H3,(H,29,33). The number of rotatable bonds is 4. The van der Waals surface area contributed by atoms with Crippen LogP contribution < -0.4 is 16.6 Å². The van der Waals surface area contributed by atoms with Crippen molar-refractivity contribution in [1.29, 1.82) is 0 Å². The van der Waals surface area contributed by atoms with E-state index in [1.165, 1.54) is 28.8 Å². The minimum absolute atomic E-state index is 0.320. The van der Waals surface area contributed by atoms with E-state index in [2.05, 4.69) is 5.32 Å². The minimum atomic E-state index is -0.616. The second kappa shape index (κ2) is 8.39. The summed E-state index contributed by atoms with van der Waals surface area (Å²) >= 11 is 0. The number of benzene rings is 3. The van der Waals surface area contributed by atoms with E-state index in [9.17, 15) is 18.8 Å². The molecule has 35 heavy (non-hydrogen) atoms. The molecule has 5 rings (SSSR count). The summed E-state index contributed by atoms with van der Waals surface area (Å²) < 4.78 is 17.4. The van der Waals surface area contributed by atoms with Gasteiger partial charge in [0.05, 0.1) is 16.7 Å². The maximum atomic E-state index is 13.7. The number of anilines is 1. The zero-order valence-electron chi connectivity index (χ0n) is 19.5. The predicted octanol–water partition coefficient (Wildman–Crippen LogP) is 4.04. The first kappa shape index (κ1) is 22.3. The molecule has 0 unspecified atom stereocenters. The second-order valence-corrected chi connectivity index (χ2v) is 8.68. The van der Waals surface area contributed by atoms with Crippen molar-refractivity contribution in [2.45, 2.75) is 20.4 Å². The zero-order valence-corrected chi connectivity index (χ0v) is 19.5. The SMILES string of the molecule is Cc1ccc(-n2c(=O)c3c(c4cc(C)ccc4n3C)n(CC(=O)Nc3ccc(F)cc3)c2=O)cc1. The van der Waals surface area contributed by atoms with E-state index in [4.69, 9.17) is 0 Å². The first-order valence-electron chi connectivity index (χ1n) is 11.1. The molecule has 1 amide bonds. The fourth-order valence-corrected chi connectivity index (χ4v) is 4.41. The van der Waals surface area contributed by atoms with Crippen molar-refractivity contribution in [1.82, 2.24) is 13.7 Å². The minimum Gasteiger partial charge on any atom is -0.338 e. The highest BCUT2D eigenvalue weighted by Gasteiger charge is 2.22. The Morgan fingerprint density at radius 1 is 0.886 bits per heavy atom. The van der Waals surface area contributed by atoms with Crippen molar-refractivity contribution >= 4 is 33.5 Å². The van der Waals surface area contributed by atoms with Gasteiger partial charge in [-0.3, -0.25) is 14.2 Å². The van der Waals surface area contributed by atoms with Crippen molar-refractivity contribution in [2.75, 3.05) is 5.32 Å². The van der Waals surface area contributed by atoms with Gasteiger partial charge in [0.25, 0.3) is 5.56 Å². The number of fused-ring (bicyclic) bond motifs is 3. The Balaban J connectivity index is 1.77. The van der Waals surface area contributed by atoms with Crippen LogP contribution in [-0.2, 0) is 18.4 Å². The van der Waals surface area contributed by atoms with Gasteiger partial charge < -0.3 is 9.88 Å². The molecule has 5 aromatic rings. The number of amides is 1. The smallest absolute Gasteiger partial charge is 0.336 e. The summed E-state index contributed by atoms with van der Waals surface area (Å²) in [5.41, 5.74) is 3.19. The topological polar surface area (TPSA) is 78.0 Å². The Bertz CT molecular complexity index is 1730. The summed E-state index contributed by atoms with van der Waals surface area (Å²) in [6.45, 7) is 3.52. The van der Waals surface area contributed by atoms with Crippen molar-refractivity contribution in [3.8, 4) is 5.69 Å². The number of halogens is 1. The van der Waals surface area contributed by atoms with Gasteiger partial charge in [-0.2, -0.15) is 0 Å². The highest BCUT2D eigenvalue weighted by Crippen LogP contribution is 2.27. The molecule has 176 valence electrons. The van der Waals surface area contributed by atoms with E-state index >= 15 is 0 Å². The van der Waals surface area contributed by atoms with Crippen LogP contribution in [0.4, 0.5) is 10.1 Å². The van der Waals surface area contributed by atoms with Crippen LogP contribution in [0, 0.1) is 19.7 Å². The number of hydrogen-bond donors (Lipinski definition) is 1. The third-order valence-corrected chi connectivity index (χ3v) is 6.15. The van der Waals surface area contributed by atoms with E-state index in [1.807, 2.05) is 44.2 Å². The average molecular weight is 471 g/mol. The van der Waals surface area contributed by atoms with E-state index in [1.54, 1.807) is 23.7 Å². The molecule has 3 aromatic carbocycles. The third kappa shape index (κ3) is 3.82. The molecule has 7 nitrogen and oxygen atoms in total. The van der Waals surface area contributed by atoms with E-state index in [-0.39, 0.29) is 6.54 Å². The van der Waals surface area contributed by atoms with Crippen LogP contribution in [0.15, 0.2) is 76.3 Å². The molecule has 0 aliphatic carbocycles. The molecule has 8 heteroatoms. The molecule has 0 atom stereocenters. The lowest BCUT2D eigenvalue weighted by Crippen LogP contribution is -2.41. The molecule has 0 saturated heterocycles. The molecule has 0 aliphatic rings. The molecule has 2 heterocycles. The van der Waals surface area contributed by atoms with Crippen LogP contribution in [-0.4, -0.2) is 19.6 Å². The van der Waals surface area contributed by atoms with Gasteiger partial charge in [-0.15, -0.1) is 0 Å². The molecule has 0 spiro atoms. The number of carbonyl (C=O) groups is 1. The Morgan fingerprint density at radius 2 is 1.54 bits per heavy atom.